The smallest absolute Gasteiger partial charge is 0.168 e. The van der Waals surface area contributed by atoms with Crippen LogP contribution in [0.1, 0.15) is 15.9 Å². The Kier molecular flexibility index (Phi) is 3.96. The number of carbonyl (C=O) groups excluding carboxylic acids is 1. The molecule has 0 saturated heterocycles. The molecule has 3 heteroatoms. The minimum atomic E-state index is -0.0298. The Hall–Kier alpha value is -1.83. The third-order valence-corrected chi connectivity index (χ3v) is 4.25. The second kappa shape index (κ2) is 5.88. The van der Waals surface area contributed by atoms with Crippen LogP contribution in [0.25, 0.3) is 10.8 Å². The molecule has 0 atom stereocenters. The van der Waals surface area contributed by atoms with E-state index in [1.165, 1.54) is 0 Å². The second-order valence-electron chi connectivity index (χ2n) is 4.88. The number of carbonyl (C=O) groups is 1. The largest absolute Gasteiger partial charge is 0.294 e. The van der Waals surface area contributed by atoms with Gasteiger partial charge in [-0.1, -0.05) is 71.7 Å². The van der Waals surface area contributed by atoms with E-state index in [-0.39, 0.29) is 5.78 Å². The monoisotopic (exact) mass is 314 g/mol. The third kappa shape index (κ3) is 2.94. The highest BCUT2D eigenvalue weighted by atomic mass is 35.5. The van der Waals surface area contributed by atoms with Crippen molar-refractivity contribution in [3.63, 3.8) is 0 Å². The zero-order valence-electron chi connectivity index (χ0n) is 11.1. The fourth-order valence-electron chi connectivity index (χ4n) is 2.35. The summed E-state index contributed by atoms with van der Waals surface area (Å²) in [5.74, 6) is -0.0298. The fourth-order valence-corrected chi connectivity index (χ4v) is 2.75. The van der Waals surface area contributed by atoms with Gasteiger partial charge in [-0.25, -0.2) is 0 Å². The van der Waals surface area contributed by atoms with E-state index in [1.54, 1.807) is 18.2 Å². The van der Waals surface area contributed by atoms with Gasteiger partial charge in [0.15, 0.2) is 5.78 Å². The highest BCUT2D eigenvalue weighted by Crippen LogP contribution is 2.27. The van der Waals surface area contributed by atoms with E-state index >= 15 is 0 Å². The molecule has 104 valence electrons. The van der Waals surface area contributed by atoms with Crippen molar-refractivity contribution < 1.29 is 4.79 Å². The normalized spacial score (nSPS) is 10.8. The molecule has 0 radical (unpaired) electrons. The number of rotatable bonds is 3. The number of benzene rings is 3. The summed E-state index contributed by atoms with van der Waals surface area (Å²) in [5, 5.41) is 3.01. The zero-order valence-corrected chi connectivity index (χ0v) is 12.7. The molecule has 21 heavy (non-hydrogen) atoms. The Morgan fingerprint density at radius 2 is 1.62 bits per heavy atom. The highest BCUT2D eigenvalue weighted by Gasteiger charge is 2.13. The van der Waals surface area contributed by atoms with Crippen LogP contribution in [0.3, 0.4) is 0 Å². The molecule has 0 amide bonds. The van der Waals surface area contributed by atoms with Crippen LogP contribution in [-0.2, 0) is 6.42 Å². The van der Waals surface area contributed by atoms with E-state index in [0.717, 1.165) is 16.3 Å². The molecule has 3 aromatic carbocycles. The summed E-state index contributed by atoms with van der Waals surface area (Å²) in [5.41, 5.74) is 1.44. The Labute approximate surface area is 133 Å². The first-order chi connectivity index (χ1) is 10.1. The lowest BCUT2D eigenvalue weighted by Gasteiger charge is -2.06. The average molecular weight is 315 g/mol. The van der Waals surface area contributed by atoms with E-state index in [1.807, 2.05) is 36.4 Å². The van der Waals surface area contributed by atoms with Gasteiger partial charge in [-0.3, -0.25) is 4.79 Å². The molecule has 0 unspecified atom stereocenters. The Morgan fingerprint density at radius 1 is 0.857 bits per heavy atom. The number of halogens is 2. The number of ketones is 1. The van der Waals surface area contributed by atoms with Crippen LogP contribution in [-0.4, -0.2) is 5.78 Å². The predicted octanol–water partition coefficient (Wildman–Crippen LogP) is 5.57. The van der Waals surface area contributed by atoms with Gasteiger partial charge in [0, 0.05) is 12.0 Å². The highest BCUT2D eigenvalue weighted by molar-refractivity contribution is 6.43. The molecule has 0 bridgehead atoms. The minimum Gasteiger partial charge on any atom is -0.294 e. The van der Waals surface area contributed by atoms with E-state index in [9.17, 15) is 4.79 Å². The fraction of sp³-hybridized carbons (Fsp3) is 0.0556. The lowest BCUT2D eigenvalue weighted by Crippen LogP contribution is -2.04. The molecule has 1 nitrogen and oxygen atoms in total. The predicted molar refractivity (Wildman–Crippen MR) is 88.4 cm³/mol. The van der Waals surface area contributed by atoms with Crippen LogP contribution in [0.2, 0.25) is 10.0 Å². The van der Waals surface area contributed by atoms with Crippen LogP contribution < -0.4 is 0 Å². The molecule has 0 fully saturated rings. The molecule has 0 spiro atoms. The molecule has 0 N–H and O–H groups in total. The summed E-state index contributed by atoms with van der Waals surface area (Å²) in [4.78, 5) is 12.4. The number of hydrogen-bond acceptors (Lipinski definition) is 1. The average Bonchev–Trinajstić information content (AvgIpc) is 2.50. The van der Waals surface area contributed by atoms with E-state index < -0.39 is 0 Å². The first-order valence-electron chi connectivity index (χ1n) is 6.60. The van der Waals surface area contributed by atoms with Crippen molar-refractivity contribution in [2.45, 2.75) is 6.42 Å². The maximum atomic E-state index is 12.4. The van der Waals surface area contributed by atoms with Gasteiger partial charge in [0.2, 0.25) is 0 Å². The van der Waals surface area contributed by atoms with Gasteiger partial charge >= 0.3 is 0 Å². The molecule has 0 aromatic heterocycles. The van der Waals surface area contributed by atoms with E-state index in [2.05, 4.69) is 6.07 Å². The molecular formula is C18H12Cl2O. The van der Waals surface area contributed by atoms with Crippen LogP contribution >= 0.6 is 23.2 Å². The summed E-state index contributed by atoms with van der Waals surface area (Å²) in [6, 6.07) is 19.2. The summed E-state index contributed by atoms with van der Waals surface area (Å²) >= 11 is 12.1. The molecule has 0 heterocycles. The summed E-state index contributed by atoms with van der Waals surface area (Å²) in [6.07, 6.45) is 0.310. The summed E-state index contributed by atoms with van der Waals surface area (Å²) in [7, 11) is 0. The van der Waals surface area contributed by atoms with Crippen LogP contribution in [0.15, 0.2) is 60.7 Å². The minimum absolute atomic E-state index is 0.0298. The van der Waals surface area contributed by atoms with Gasteiger partial charge in [0.25, 0.3) is 0 Å². The van der Waals surface area contributed by atoms with Gasteiger partial charge in [0.05, 0.1) is 10.0 Å². The molecule has 0 aliphatic rings. The maximum absolute atomic E-state index is 12.4. The van der Waals surface area contributed by atoms with Gasteiger partial charge in [-0.15, -0.1) is 0 Å². The van der Waals surface area contributed by atoms with Crippen molar-refractivity contribution in [3.05, 3.63) is 81.8 Å². The third-order valence-electron chi connectivity index (χ3n) is 3.43. The molecule has 0 aliphatic heterocycles. The lowest BCUT2D eigenvalue weighted by atomic mass is 10.00. The SMILES string of the molecule is O=C(Cc1ccc2ccccc2c1)c1cccc(Cl)c1Cl. The van der Waals surface area contributed by atoms with Crippen molar-refractivity contribution in [1.29, 1.82) is 0 Å². The maximum Gasteiger partial charge on any atom is 0.168 e. The first kappa shape index (κ1) is 14.1. The lowest BCUT2D eigenvalue weighted by molar-refractivity contribution is 0.0993. The van der Waals surface area contributed by atoms with Crippen molar-refractivity contribution in [1.82, 2.24) is 0 Å². The van der Waals surface area contributed by atoms with Crippen LogP contribution in [0, 0.1) is 0 Å². The topological polar surface area (TPSA) is 17.1 Å². The van der Waals surface area contributed by atoms with Crippen molar-refractivity contribution in [2.75, 3.05) is 0 Å². The second-order valence-corrected chi connectivity index (χ2v) is 5.67. The van der Waals surface area contributed by atoms with Gasteiger partial charge in [-0.2, -0.15) is 0 Å². The summed E-state index contributed by atoms with van der Waals surface area (Å²) in [6.45, 7) is 0. The van der Waals surface area contributed by atoms with Gasteiger partial charge in [-0.05, 0) is 28.5 Å². The van der Waals surface area contributed by atoms with Crippen LogP contribution in [0.5, 0.6) is 0 Å². The Morgan fingerprint density at radius 3 is 2.43 bits per heavy atom. The number of fused-ring (bicyclic) bond motifs is 1. The van der Waals surface area contributed by atoms with Crippen molar-refractivity contribution in [3.8, 4) is 0 Å². The summed E-state index contributed by atoms with van der Waals surface area (Å²) < 4.78 is 0. The number of Topliss-reactive ketones (excluding diaryl/α,β-unsaturated/α-hetero) is 1. The zero-order chi connectivity index (χ0) is 14.8. The Balaban J connectivity index is 1.91. The van der Waals surface area contributed by atoms with E-state index in [4.69, 9.17) is 23.2 Å². The van der Waals surface area contributed by atoms with Gasteiger partial charge < -0.3 is 0 Å². The van der Waals surface area contributed by atoms with Crippen LogP contribution in [0.4, 0.5) is 0 Å². The molecular weight excluding hydrogens is 303 g/mol. The van der Waals surface area contributed by atoms with Crippen molar-refractivity contribution >= 4 is 39.8 Å². The quantitative estimate of drug-likeness (QED) is 0.577. The first-order valence-corrected chi connectivity index (χ1v) is 7.35. The molecule has 3 aromatic rings. The molecule has 3 rings (SSSR count). The molecule has 0 saturated carbocycles. The van der Waals surface area contributed by atoms with Crippen molar-refractivity contribution in [2.24, 2.45) is 0 Å². The Bertz CT molecular complexity index is 824. The number of hydrogen-bond donors (Lipinski definition) is 0. The molecule has 0 aliphatic carbocycles. The van der Waals surface area contributed by atoms with Gasteiger partial charge in [0.1, 0.15) is 0 Å². The van der Waals surface area contributed by atoms with E-state index in [0.29, 0.717) is 22.0 Å². The standard InChI is InChI=1S/C18H12Cl2O/c19-16-7-3-6-15(18(16)20)17(21)11-12-8-9-13-4-1-2-5-14(13)10-12/h1-10H,11H2.